The molecule has 0 fully saturated rings. The van der Waals surface area contributed by atoms with Crippen molar-refractivity contribution in [2.75, 3.05) is 5.01 Å². The Hall–Kier alpha value is -3.20. The monoisotopic (exact) mass is 573 g/mol. The van der Waals surface area contributed by atoms with Crippen molar-refractivity contribution in [1.29, 1.82) is 0 Å². The minimum absolute atomic E-state index is 0.126. The van der Waals surface area contributed by atoms with Gasteiger partial charge in [-0.15, -0.1) is 0 Å². The lowest BCUT2D eigenvalue weighted by Gasteiger charge is -2.12. The van der Waals surface area contributed by atoms with Gasteiger partial charge in [-0.05, 0) is 66.6 Å². The van der Waals surface area contributed by atoms with E-state index in [0.717, 1.165) is 4.47 Å². The molecule has 10 heteroatoms. The zero-order chi connectivity index (χ0) is 25.3. The third kappa shape index (κ3) is 5.40. The number of nitrogens with zero attached hydrogens (tertiary/aromatic N) is 3. The molecular weight excluding hydrogens is 557 g/mol. The zero-order valence-corrected chi connectivity index (χ0v) is 21.6. The first-order valence-corrected chi connectivity index (χ1v) is 12.0. The van der Waals surface area contributed by atoms with Gasteiger partial charge in [-0.3, -0.25) is 14.9 Å². The highest BCUT2D eigenvalue weighted by Gasteiger charge is 2.33. The van der Waals surface area contributed by atoms with Gasteiger partial charge in [-0.25, -0.2) is 0 Å². The summed E-state index contributed by atoms with van der Waals surface area (Å²) >= 11 is 15.5. The molecule has 0 spiro atoms. The molecule has 4 rings (SSSR count). The number of carbonyl (C=O) groups is 1. The molecule has 1 amide bonds. The second kappa shape index (κ2) is 10.2. The first-order valence-electron chi connectivity index (χ1n) is 10.5. The number of ether oxygens (including phenoxy) is 1. The summed E-state index contributed by atoms with van der Waals surface area (Å²) in [6.45, 7) is 3.78. The van der Waals surface area contributed by atoms with Crippen molar-refractivity contribution < 1.29 is 14.5 Å². The maximum absolute atomic E-state index is 13.4. The second-order valence-electron chi connectivity index (χ2n) is 7.95. The van der Waals surface area contributed by atoms with E-state index in [1.807, 2.05) is 26.0 Å². The Morgan fingerprint density at radius 1 is 1.03 bits per heavy atom. The van der Waals surface area contributed by atoms with Gasteiger partial charge in [0.25, 0.3) is 11.6 Å². The molecule has 35 heavy (non-hydrogen) atoms. The van der Waals surface area contributed by atoms with Crippen LogP contribution in [0.4, 0.5) is 11.4 Å². The molecular formula is C25H18BrCl2N3O4. The van der Waals surface area contributed by atoms with Crippen LogP contribution < -0.4 is 9.75 Å². The molecule has 0 saturated heterocycles. The third-order valence-electron chi connectivity index (χ3n) is 5.15. The number of amides is 1. The number of halogens is 3. The first kappa shape index (κ1) is 24.9. The summed E-state index contributed by atoms with van der Waals surface area (Å²) in [6.07, 6.45) is 1.48. The number of anilines is 1. The molecule has 7 nitrogen and oxygen atoms in total. The number of nitro groups is 1. The molecule has 0 atom stereocenters. The van der Waals surface area contributed by atoms with Gasteiger partial charge in [0.05, 0.1) is 37.5 Å². The molecule has 0 saturated carbocycles. The molecule has 3 aromatic rings. The van der Waals surface area contributed by atoms with Crippen LogP contribution in [-0.2, 0) is 4.79 Å². The van der Waals surface area contributed by atoms with E-state index in [2.05, 4.69) is 21.0 Å². The van der Waals surface area contributed by atoms with Crippen molar-refractivity contribution in [2.24, 2.45) is 11.0 Å². The highest BCUT2D eigenvalue weighted by Crippen LogP contribution is 2.34. The van der Waals surface area contributed by atoms with Crippen molar-refractivity contribution in [3.63, 3.8) is 0 Å². The van der Waals surface area contributed by atoms with E-state index in [4.69, 9.17) is 27.9 Å². The molecule has 0 aliphatic carbocycles. The Labute approximate surface area is 219 Å². The molecule has 0 unspecified atom stereocenters. The molecule has 0 aromatic heterocycles. The van der Waals surface area contributed by atoms with E-state index in [1.54, 1.807) is 30.3 Å². The van der Waals surface area contributed by atoms with Gasteiger partial charge in [0.15, 0.2) is 0 Å². The minimum atomic E-state index is -0.502. The van der Waals surface area contributed by atoms with Gasteiger partial charge >= 0.3 is 0 Å². The standard InChI is InChI=1S/C25H18BrCl2N3O4/c1-14(2)24-20(25(32)30(29-24)17-5-9-21(27)22(28)13-17)12-15-11-19(8-10-23(15)31(33)34)35-18-6-3-16(26)4-7-18/h3-14H,1-2H3/b20-12+. The van der Waals surface area contributed by atoms with Gasteiger partial charge in [0.1, 0.15) is 11.5 Å². The highest BCUT2D eigenvalue weighted by molar-refractivity contribution is 9.10. The third-order valence-corrected chi connectivity index (χ3v) is 6.41. The molecule has 0 N–H and O–H groups in total. The number of hydrogen-bond acceptors (Lipinski definition) is 5. The molecule has 178 valence electrons. The van der Waals surface area contributed by atoms with E-state index in [9.17, 15) is 14.9 Å². The number of nitro benzene ring substituents is 1. The summed E-state index contributed by atoms with van der Waals surface area (Å²) in [7, 11) is 0. The number of rotatable bonds is 6. The van der Waals surface area contributed by atoms with Crippen LogP contribution in [0.25, 0.3) is 6.08 Å². The first-order chi connectivity index (χ1) is 16.6. The van der Waals surface area contributed by atoms with Crippen molar-refractivity contribution >= 4 is 68.2 Å². The fourth-order valence-electron chi connectivity index (χ4n) is 3.46. The zero-order valence-electron chi connectivity index (χ0n) is 18.5. The Balaban J connectivity index is 1.76. The minimum Gasteiger partial charge on any atom is -0.457 e. The SMILES string of the molecule is CC(C)C1=NN(c2ccc(Cl)c(Cl)c2)C(=O)/C1=C/c1cc(Oc2ccc(Br)cc2)ccc1[N+](=O)[O-]. The summed E-state index contributed by atoms with van der Waals surface area (Å²) < 4.78 is 6.76. The van der Waals surface area contributed by atoms with Crippen LogP contribution in [0.3, 0.4) is 0 Å². The van der Waals surface area contributed by atoms with E-state index in [1.165, 1.54) is 29.3 Å². The van der Waals surface area contributed by atoms with E-state index < -0.39 is 10.8 Å². The van der Waals surface area contributed by atoms with E-state index >= 15 is 0 Å². The molecule has 0 radical (unpaired) electrons. The Morgan fingerprint density at radius 3 is 2.34 bits per heavy atom. The van der Waals surface area contributed by atoms with E-state index in [0.29, 0.717) is 27.9 Å². The van der Waals surface area contributed by atoms with Crippen LogP contribution >= 0.6 is 39.1 Å². The lowest BCUT2D eigenvalue weighted by molar-refractivity contribution is -0.385. The predicted octanol–water partition coefficient (Wildman–Crippen LogP) is 7.90. The largest absolute Gasteiger partial charge is 0.457 e. The van der Waals surface area contributed by atoms with Gasteiger partial charge in [-0.2, -0.15) is 10.1 Å². The van der Waals surface area contributed by atoms with Crippen LogP contribution in [0, 0.1) is 16.0 Å². The van der Waals surface area contributed by atoms with Gasteiger partial charge in [-0.1, -0.05) is 53.0 Å². The van der Waals surface area contributed by atoms with Crippen molar-refractivity contribution in [3.05, 3.63) is 96.4 Å². The van der Waals surface area contributed by atoms with Crippen LogP contribution in [0.15, 0.2) is 75.8 Å². The molecule has 0 bridgehead atoms. The molecule has 1 aliphatic rings. The average molecular weight is 575 g/mol. The number of benzene rings is 3. The normalized spacial score (nSPS) is 14.6. The van der Waals surface area contributed by atoms with Crippen LogP contribution in [0.5, 0.6) is 11.5 Å². The summed E-state index contributed by atoms with van der Waals surface area (Å²) in [5.41, 5.74) is 1.24. The van der Waals surface area contributed by atoms with Crippen LogP contribution in [0.2, 0.25) is 10.0 Å². The number of hydrogen-bond donors (Lipinski definition) is 0. The van der Waals surface area contributed by atoms with E-state index in [-0.39, 0.29) is 27.8 Å². The lowest BCUT2D eigenvalue weighted by Crippen LogP contribution is -2.21. The van der Waals surface area contributed by atoms with Gasteiger partial charge < -0.3 is 4.74 Å². The summed E-state index contributed by atoms with van der Waals surface area (Å²) in [5, 5.41) is 18.1. The topological polar surface area (TPSA) is 85.0 Å². The molecule has 3 aromatic carbocycles. The smallest absolute Gasteiger partial charge is 0.280 e. The van der Waals surface area contributed by atoms with Crippen LogP contribution in [0.1, 0.15) is 19.4 Å². The number of hydrazone groups is 1. The number of carbonyl (C=O) groups excluding carboxylic acids is 1. The fourth-order valence-corrected chi connectivity index (χ4v) is 4.01. The Kier molecular flexibility index (Phi) is 7.25. The average Bonchev–Trinajstić information content (AvgIpc) is 3.13. The Bertz CT molecular complexity index is 1390. The second-order valence-corrected chi connectivity index (χ2v) is 9.68. The summed E-state index contributed by atoms with van der Waals surface area (Å²) in [5.74, 6) is 0.396. The highest BCUT2D eigenvalue weighted by atomic mass is 79.9. The van der Waals surface area contributed by atoms with Gasteiger partial charge in [0.2, 0.25) is 0 Å². The van der Waals surface area contributed by atoms with Crippen molar-refractivity contribution in [2.45, 2.75) is 13.8 Å². The molecule has 1 heterocycles. The maximum Gasteiger partial charge on any atom is 0.280 e. The predicted molar refractivity (Wildman–Crippen MR) is 142 cm³/mol. The lowest BCUT2D eigenvalue weighted by atomic mass is 9.97. The Morgan fingerprint density at radius 2 is 1.71 bits per heavy atom. The quantitative estimate of drug-likeness (QED) is 0.170. The van der Waals surface area contributed by atoms with Crippen molar-refractivity contribution in [3.8, 4) is 11.5 Å². The van der Waals surface area contributed by atoms with Gasteiger partial charge in [0, 0.05) is 10.5 Å². The van der Waals surface area contributed by atoms with Crippen LogP contribution in [-0.4, -0.2) is 16.5 Å². The molecule has 1 aliphatic heterocycles. The van der Waals surface area contributed by atoms with Crippen molar-refractivity contribution in [1.82, 2.24) is 0 Å². The summed E-state index contributed by atoms with van der Waals surface area (Å²) in [6, 6.07) is 16.3. The maximum atomic E-state index is 13.4. The fraction of sp³-hybridized carbons (Fsp3) is 0.120. The summed E-state index contributed by atoms with van der Waals surface area (Å²) in [4.78, 5) is 24.6.